The molecule has 4 heteroatoms. The smallest absolute Gasteiger partial charge is 0.237 e. The Morgan fingerprint density at radius 3 is 2.86 bits per heavy atom. The van der Waals surface area contributed by atoms with Crippen LogP contribution in [-0.4, -0.2) is 41.6 Å². The molecule has 0 aromatic carbocycles. The Morgan fingerprint density at radius 2 is 2.21 bits per heavy atom. The normalized spacial score (nSPS) is 33.8. The van der Waals surface area contributed by atoms with Crippen molar-refractivity contribution >= 4 is 17.7 Å². The van der Waals surface area contributed by atoms with Gasteiger partial charge in [-0.3, -0.25) is 10.1 Å². The number of carbonyl (C=O) groups is 1. The maximum Gasteiger partial charge on any atom is 0.237 e. The summed E-state index contributed by atoms with van der Waals surface area (Å²) >= 11 is 1.92. The molecular formula is C10H18N2OS. The van der Waals surface area contributed by atoms with E-state index in [0.717, 1.165) is 6.67 Å². The summed E-state index contributed by atoms with van der Waals surface area (Å²) in [5.74, 6) is 0.288. The Bertz CT molecular complexity index is 222. The van der Waals surface area contributed by atoms with Crippen LogP contribution in [0.25, 0.3) is 0 Å². The van der Waals surface area contributed by atoms with Crippen molar-refractivity contribution in [1.29, 1.82) is 0 Å². The lowest BCUT2D eigenvalue weighted by Gasteiger charge is -2.36. The molecule has 2 unspecified atom stereocenters. The SMILES string of the molecule is CSC1CCCCC1N1CNCC1=O. The molecule has 1 saturated heterocycles. The molecule has 2 atom stereocenters. The van der Waals surface area contributed by atoms with Crippen molar-refractivity contribution < 1.29 is 4.79 Å². The van der Waals surface area contributed by atoms with E-state index in [1.165, 1.54) is 25.7 Å². The summed E-state index contributed by atoms with van der Waals surface area (Å²) in [6.45, 7) is 1.30. The minimum atomic E-state index is 0.288. The number of nitrogens with one attached hydrogen (secondary N) is 1. The summed E-state index contributed by atoms with van der Waals surface area (Å²) in [4.78, 5) is 13.6. The Hall–Kier alpha value is -0.220. The summed E-state index contributed by atoms with van der Waals surface area (Å²) in [5.41, 5.74) is 0. The van der Waals surface area contributed by atoms with Crippen molar-refractivity contribution in [3.05, 3.63) is 0 Å². The molecule has 1 aliphatic carbocycles. The molecule has 0 radical (unpaired) electrons. The number of amides is 1. The van der Waals surface area contributed by atoms with Gasteiger partial charge in [-0.1, -0.05) is 12.8 Å². The summed E-state index contributed by atoms with van der Waals surface area (Å²) in [6.07, 6.45) is 7.24. The highest BCUT2D eigenvalue weighted by Gasteiger charge is 2.34. The molecule has 3 nitrogen and oxygen atoms in total. The van der Waals surface area contributed by atoms with Gasteiger partial charge in [-0.25, -0.2) is 0 Å². The zero-order valence-electron chi connectivity index (χ0n) is 8.66. The van der Waals surface area contributed by atoms with Crippen LogP contribution in [0.1, 0.15) is 25.7 Å². The van der Waals surface area contributed by atoms with Crippen molar-refractivity contribution in [2.45, 2.75) is 37.0 Å². The van der Waals surface area contributed by atoms with E-state index < -0.39 is 0 Å². The van der Waals surface area contributed by atoms with Crippen LogP contribution >= 0.6 is 11.8 Å². The lowest BCUT2D eigenvalue weighted by molar-refractivity contribution is -0.129. The quantitative estimate of drug-likeness (QED) is 0.746. The first-order valence-corrected chi connectivity index (χ1v) is 6.64. The number of carbonyl (C=O) groups excluding carboxylic acids is 1. The monoisotopic (exact) mass is 214 g/mol. The first-order valence-electron chi connectivity index (χ1n) is 5.36. The molecule has 1 aliphatic heterocycles. The van der Waals surface area contributed by atoms with Crippen LogP contribution < -0.4 is 5.32 Å². The van der Waals surface area contributed by atoms with Gasteiger partial charge in [0.1, 0.15) is 0 Å². The summed E-state index contributed by atoms with van der Waals surface area (Å²) < 4.78 is 0. The van der Waals surface area contributed by atoms with E-state index in [1.54, 1.807) is 0 Å². The van der Waals surface area contributed by atoms with Crippen molar-refractivity contribution in [2.75, 3.05) is 19.5 Å². The molecule has 1 N–H and O–H groups in total. The first kappa shape index (κ1) is 10.3. The van der Waals surface area contributed by atoms with Crippen LogP contribution in [0, 0.1) is 0 Å². The predicted octanol–water partition coefficient (Wildman–Crippen LogP) is 1.05. The van der Waals surface area contributed by atoms with E-state index in [2.05, 4.69) is 11.6 Å². The third-order valence-corrected chi connectivity index (χ3v) is 4.40. The number of nitrogens with zero attached hydrogens (tertiary/aromatic N) is 1. The van der Waals surface area contributed by atoms with Crippen LogP contribution in [0.3, 0.4) is 0 Å². The van der Waals surface area contributed by atoms with Crippen LogP contribution in [0.15, 0.2) is 0 Å². The van der Waals surface area contributed by atoms with Crippen molar-refractivity contribution in [3.8, 4) is 0 Å². The largest absolute Gasteiger partial charge is 0.325 e. The second-order valence-corrected chi connectivity index (χ2v) is 5.15. The van der Waals surface area contributed by atoms with Gasteiger partial charge in [0.25, 0.3) is 0 Å². The molecule has 0 aromatic heterocycles. The van der Waals surface area contributed by atoms with E-state index in [4.69, 9.17) is 0 Å². The molecule has 1 saturated carbocycles. The zero-order valence-corrected chi connectivity index (χ0v) is 9.48. The standard InChI is InChI=1S/C10H18N2OS/c1-14-9-5-3-2-4-8(9)12-7-11-6-10(12)13/h8-9,11H,2-7H2,1H3. The molecule has 0 bridgehead atoms. The fourth-order valence-electron chi connectivity index (χ4n) is 2.48. The molecule has 2 rings (SSSR count). The molecule has 0 spiro atoms. The van der Waals surface area contributed by atoms with Crippen LogP contribution in [0.5, 0.6) is 0 Å². The zero-order chi connectivity index (χ0) is 9.97. The molecule has 80 valence electrons. The molecule has 1 amide bonds. The average molecular weight is 214 g/mol. The van der Waals surface area contributed by atoms with E-state index in [9.17, 15) is 4.79 Å². The molecule has 1 heterocycles. The predicted molar refractivity (Wildman–Crippen MR) is 59.3 cm³/mol. The second kappa shape index (κ2) is 4.53. The van der Waals surface area contributed by atoms with E-state index >= 15 is 0 Å². The van der Waals surface area contributed by atoms with Gasteiger partial charge in [-0.05, 0) is 19.1 Å². The fraction of sp³-hybridized carbons (Fsp3) is 0.900. The van der Waals surface area contributed by atoms with Crippen LogP contribution in [-0.2, 0) is 4.79 Å². The average Bonchev–Trinajstić information content (AvgIpc) is 2.64. The number of hydrogen-bond donors (Lipinski definition) is 1. The molecule has 14 heavy (non-hydrogen) atoms. The summed E-state index contributed by atoms with van der Waals surface area (Å²) in [5, 5.41) is 3.79. The molecule has 2 fully saturated rings. The first-order chi connectivity index (χ1) is 6.83. The number of hydrogen-bond acceptors (Lipinski definition) is 3. The van der Waals surface area contributed by atoms with E-state index in [-0.39, 0.29) is 5.91 Å². The minimum absolute atomic E-state index is 0.288. The fourth-order valence-corrected chi connectivity index (χ4v) is 3.48. The van der Waals surface area contributed by atoms with Gasteiger partial charge in [-0.15, -0.1) is 0 Å². The Kier molecular flexibility index (Phi) is 3.34. The van der Waals surface area contributed by atoms with Gasteiger partial charge in [-0.2, -0.15) is 11.8 Å². The van der Waals surface area contributed by atoms with Gasteiger partial charge in [0.15, 0.2) is 0 Å². The second-order valence-electron chi connectivity index (χ2n) is 4.07. The third-order valence-electron chi connectivity index (χ3n) is 3.25. The molecule has 2 aliphatic rings. The van der Waals surface area contributed by atoms with Gasteiger partial charge in [0.05, 0.1) is 13.2 Å². The Labute approximate surface area is 89.6 Å². The van der Waals surface area contributed by atoms with E-state index in [1.807, 2.05) is 16.7 Å². The highest BCUT2D eigenvalue weighted by molar-refractivity contribution is 7.99. The van der Waals surface area contributed by atoms with Gasteiger partial charge >= 0.3 is 0 Å². The Balaban J connectivity index is 2.02. The minimum Gasteiger partial charge on any atom is -0.325 e. The van der Waals surface area contributed by atoms with Crippen molar-refractivity contribution in [3.63, 3.8) is 0 Å². The highest BCUT2D eigenvalue weighted by atomic mass is 32.2. The lowest BCUT2D eigenvalue weighted by Crippen LogP contribution is -2.45. The van der Waals surface area contributed by atoms with Gasteiger partial charge in [0.2, 0.25) is 5.91 Å². The van der Waals surface area contributed by atoms with Gasteiger partial charge < -0.3 is 4.90 Å². The van der Waals surface area contributed by atoms with Crippen molar-refractivity contribution in [1.82, 2.24) is 10.2 Å². The number of thioether (sulfide) groups is 1. The van der Waals surface area contributed by atoms with Crippen LogP contribution in [0.4, 0.5) is 0 Å². The third kappa shape index (κ3) is 1.91. The Morgan fingerprint density at radius 1 is 1.43 bits per heavy atom. The van der Waals surface area contributed by atoms with E-state index in [0.29, 0.717) is 17.8 Å². The topological polar surface area (TPSA) is 32.3 Å². The number of rotatable bonds is 2. The molecule has 0 aromatic rings. The summed E-state index contributed by atoms with van der Waals surface area (Å²) in [7, 11) is 0. The van der Waals surface area contributed by atoms with Crippen molar-refractivity contribution in [2.24, 2.45) is 0 Å². The lowest BCUT2D eigenvalue weighted by atomic mass is 9.94. The van der Waals surface area contributed by atoms with Gasteiger partial charge in [0, 0.05) is 11.3 Å². The highest BCUT2D eigenvalue weighted by Crippen LogP contribution is 2.31. The summed E-state index contributed by atoms with van der Waals surface area (Å²) in [6, 6.07) is 0.487. The maximum atomic E-state index is 11.6. The maximum absolute atomic E-state index is 11.6. The molecular weight excluding hydrogens is 196 g/mol. The van der Waals surface area contributed by atoms with Crippen LogP contribution in [0.2, 0.25) is 0 Å².